The van der Waals surface area contributed by atoms with Gasteiger partial charge >= 0.3 is 5.97 Å². The minimum Gasteiger partial charge on any atom is -0.457 e. The summed E-state index contributed by atoms with van der Waals surface area (Å²) in [6.07, 6.45) is 4.24. The summed E-state index contributed by atoms with van der Waals surface area (Å²) in [4.78, 5) is 31.1. The molecular weight excluding hydrogens is 462 g/mol. The smallest absolute Gasteiger partial charge is 0.338 e. The maximum atomic E-state index is 12.7. The number of hydrogen-bond acceptors (Lipinski definition) is 9. The lowest BCUT2D eigenvalue weighted by molar-refractivity contribution is 0.0502. The Morgan fingerprint density at radius 2 is 2.17 bits per heavy atom. The van der Waals surface area contributed by atoms with Crippen LogP contribution in [0.1, 0.15) is 63.3 Å². The number of hydrogen-bond donors (Lipinski definition) is 2. The number of ether oxygens (including phenoxy) is 1. The summed E-state index contributed by atoms with van der Waals surface area (Å²) in [6.45, 7) is 7.00. The van der Waals surface area contributed by atoms with E-state index in [2.05, 4.69) is 37.6 Å². The van der Waals surface area contributed by atoms with Gasteiger partial charge in [0.15, 0.2) is 5.82 Å². The molecule has 1 saturated heterocycles. The molecule has 4 heterocycles. The van der Waals surface area contributed by atoms with Gasteiger partial charge in [0.1, 0.15) is 12.9 Å². The third kappa shape index (κ3) is 4.84. The number of esters is 1. The molecule has 1 fully saturated rings. The quantitative estimate of drug-likeness (QED) is 0.472. The molecule has 1 aromatic carbocycles. The number of tetrazole rings is 1. The number of amides is 1. The van der Waals surface area contributed by atoms with Gasteiger partial charge in [0.2, 0.25) is 0 Å². The maximum Gasteiger partial charge on any atom is 0.338 e. The monoisotopic (exact) mass is 491 g/mol. The lowest BCUT2D eigenvalue weighted by Gasteiger charge is -2.41. The van der Waals surface area contributed by atoms with E-state index in [1.165, 1.54) is 17.2 Å². The number of piperidine rings is 1. The summed E-state index contributed by atoms with van der Waals surface area (Å²) < 4.78 is 6.56. The fourth-order valence-corrected chi connectivity index (χ4v) is 5.12. The number of fused-ring (bicyclic) bond motifs is 1. The molecule has 2 atom stereocenters. The number of aliphatic hydroxyl groups is 1. The van der Waals surface area contributed by atoms with Crippen molar-refractivity contribution in [2.45, 2.75) is 39.4 Å². The predicted octanol–water partition coefficient (Wildman–Crippen LogP) is 1.60. The molecule has 0 saturated carbocycles. The second-order valence-electron chi connectivity index (χ2n) is 9.89. The van der Waals surface area contributed by atoms with Crippen LogP contribution in [0.2, 0.25) is 0 Å². The Kier molecular flexibility index (Phi) is 6.50. The van der Waals surface area contributed by atoms with Crippen molar-refractivity contribution in [1.82, 2.24) is 35.4 Å². The molecule has 2 aliphatic rings. The van der Waals surface area contributed by atoms with E-state index < -0.39 is 6.10 Å². The third-order valence-corrected chi connectivity index (χ3v) is 7.13. The first kappa shape index (κ1) is 24.0. The first-order valence-electron chi connectivity index (χ1n) is 12.0. The Morgan fingerprint density at radius 1 is 1.31 bits per heavy atom. The van der Waals surface area contributed by atoms with Crippen LogP contribution >= 0.6 is 0 Å². The number of aliphatic hydroxyl groups excluding tert-OH is 1. The topological polar surface area (TPSA) is 135 Å². The van der Waals surface area contributed by atoms with Gasteiger partial charge < -0.3 is 15.2 Å². The largest absolute Gasteiger partial charge is 0.457 e. The number of cyclic esters (lactones) is 1. The van der Waals surface area contributed by atoms with Crippen molar-refractivity contribution in [2.24, 2.45) is 5.41 Å². The van der Waals surface area contributed by atoms with Crippen molar-refractivity contribution in [1.29, 1.82) is 0 Å². The summed E-state index contributed by atoms with van der Waals surface area (Å²) in [5.74, 6) is 0.0413. The van der Waals surface area contributed by atoms with Gasteiger partial charge in [-0.05, 0) is 71.5 Å². The summed E-state index contributed by atoms with van der Waals surface area (Å²) in [7, 11) is 0. The Balaban J connectivity index is 1.18. The Bertz CT molecular complexity index is 1260. The molecule has 1 amide bonds. The number of nitrogens with zero attached hydrogens (tertiary/aromatic N) is 6. The van der Waals surface area contributed by atoms with Crippen molar-refractivity contribution >= 4 is 11.9 Å². The number of carbonyl (C=O) groups excluding carboxylic acids is 2. The molecule has 0 bridgehead atoms. The van der Waals surface area contributed by atoms with Gasteiger partial charge in [-0.1, -0.05) is 13.0 Å². The van der Waals surface area contributed by atoms with Crippen molar-refractivity contribution in [3.05, 3.63) is 64.6 Å². The maximum absolute atomic E-state index is 12.7. The number of aromatic nitrogens is 5. The SMILES string of the molecule is Cc1c([C@@H](O)CN2CCCC(C)(CNC(=O)c3ccc(-n4cnnn4)nc3)C2)ccc2c1COC2=O. The van der Waals surface area contributed by atoms with E-state index in [0.717, 1.165) is 42.6 Å². The van der Waals surface area contributed by atoms with Gasteiger partial charge in [-0.15, -0.1) is 5.10 Å². The molecule has 11 heteroatoms. The molecule has 1 unspecified atom stereocenters. The Labute approximate surface area is 208 Å². The molecule has 2 aromatic heterocycles. The van der Waals surface area contributed by atoms with Gasteiger partial charge in [0.05, 0.1) is 17.2 Å². The summed E-state index contributed by atoms with van der Waals surface area (Å²) in [5.41, 5.74) is 3.53. The van der Waals surface area contributed by atoms with Crippen LogP contribution in [0.15, 0.2) is 36.8 Å². The van der Waals surface area contributed by atoms with Gasteiger partial charge in [0, 0.05) is 31.4 Å². The number of carbonyl (C=O) groups is 2. The summed E-state index contributed by atoms with van der Waals surface area (Å²) >= 11 is 0. The van der Waals surface area contributed by atoms with Crippen LogP contribution in [0.3, 0.4) is 0 Å². The van der Waals surface area contributed by atoms with E-state index in [0.29, 0.717) is 30.0 Å². The van der Waals surface area contributed by atoms with Crippen LogP contribution in [0.25, 0.3) is 5.82 Å². The lowest BCUT2D eigenvalue weighted by Crippen LogP contribution is -2.48. The summed E-state index contributed by atoms with van der Waals surface area (Å²) in [6, 6.07) is 6.96. The Hall–Kier alpha value is -3.70. The van der Waals surface area contributed by atoms with Gasteiger partial charge in [-0.25, -0.2) is 9.78 Å². The zero-order valence-electron chi connectivity index (χ0n) is 20.3. The van der Waals surface area contributed by atoms with Crippen LogP contribution in [-0.2, 0) is 11.3 Å². The minimum absolute atomic E-state index is 0.124. The van der Waals surface area contributed by atoms with Gasteiger partial charge in [0.25, 0.3) is 5.91 Å². The van der Waals surface area contributed by atoms with E-state index in [1.807, 2.05) is 13.0 Å². The number of rotatable bonds is 7. The number of nitrogens with one attached hydrogen (secondary N) is 1. The summed E-state index contributed by atoms with van der Waals surface area (Å²) in [5, 5.41) is 25.0. The van der Waals surface area contributed by atoms with E-state index in [9.17, 15) is 14.7 Å². The van der Waals surface area contributed by atoms with Crippen molar-refractivity contribution in [3.8, 4) is 5.82 Å². The molecule has 0 aliphatic carbocycles. The number of β-amino-alcohol motifs (C(OH)–C–C–N with tert-alkyl or cyclic N) is 1. The highest BCUT2D eigenvalue weighted by Gasteiger charge is 2.33. The molecule has 2 aliphatic heterocycles. The molecule has 0 spiro atoms. The van der Waals surface area contributed by atoms with Crippen molar-refractivity contribution in [3.63, 3.8) is 0 Å². The van der Waals surface area contributed by atoms with E-state index in [4.69, 9.17) is 4.74 Å². The second-order valence-corrected chi connectivity index (χ2v) is 9.89. The van der Waals surface area contributed by atoms with Gasteiger partial charge in [-0.2, -0.15) is 4.68 Å². The normalized spacial score (nSPS) is 20.6. The van der Waals surface area contributed by atoms with Crippen LogP contribution in [0.5, 0.6) is 0 Å². The van der Waals surface area contributed by atoms with Crippen LogP contribution in [0.4, 0.5) is 0 Å². The fourth-order valence-electron chi connectivity index (χ4n) is 5.12. The van der Waals surface area contributed by atoms with Crippen LogP contribution < -0.4 is 5.32 Å². The molecular formula is C25H29N7O4. The third-order valence-electron chi connectivity index (χ3n) is 7.13. The number of benzene rings is 1. The lowest BCUT2D eigenvalue weighted by atomic mass is 9.81. The first-order chi connectivity index (χ1) is 17.3. The number of likely N-dealkylation sites (tertiary alicyclic amines) is 1. The van der Waals surface area contributed by atoms with E-state index in [1.54, 1.807) is 18.2 Å². The molecule has 11 nitrogen and oxygen atoms in total. The standard InChI is InChI=1S/C25H29N7O4/c1-16-18(5-6-19-20(16)12-36-24(19)35)21(33)11-31-9-3-8-25(2,14-31)13-27-23(34)17-4-7-22(26-10-17)32-15-28-29-30-32/h4-7,10,15,21,33H,3,8-9,11-14H2,1-2H3,(H,27,34)/t21-,25?/m0/s1. The van der Waals surface area contributed by atoms with Crippen molar-refractivity contribution < 1.29 is 19.4 Å². The highest BCUT2D eigenvalue weighted by Crippen LogP contribution is 2.32. The molecule has 0 radical (unpaired) electrons. The van der Waals surface area contributed by atoms with E-state index >= 15 is 0 Å². The minimum atomic E-state index is -0.673. The molecule has 2 N–H and O–H groups in total. The molecule has 3 aromatic rings. The molecule has 36 heavy (non-hydrogen) atoms. The van der Waals surface area contributed by atoms with Crippen molar-refractivity contribution in [2.75, 3.05) is 26.2 Å². The zero-order valence-corrected chi connectivity index (χ0v) is 20.3. The average molecular weight is 492 g/mol. The highest BCUT2D eigenvalue weighted by atomic mass is 16.5. The van der Waals surface area contributed by atoms with Crippen LogP contribution in [-0.4, -0.2) is 73.3 Å². The van der Waals surface area contributed by atoms with Crippen LogP contribution in [0, 0.1) is 12.3 Å². The Morgan fingerprint density at radius 3 is 2.92 bits per heavy atom. The molecule has 5 rings (SSSR count). The fraction of sp³-hybridized carbons (Fsp3) is 0.440. The second kappa shape index (κ2) is 9.75. The predicted molar refractivity (Wildman–Crippen MR) is 128 cm³/mol. The van der Waals surface area contributed by atoms with Gasteiger partial charge in [-0.3, -0.25) is 9.69 Å². The zero-order chi connectivity index (χ0) is 25.3. The average Bonchev–Trinajstić information content (AvgIpc) is 3.54. The first-order valence-corrected chi connectivity index (χ1v) is 12.0. The highest BCUT2D eigenvalue weighted by molar-refractivity contribution is 5.94. The molecule has 188 valence electrons. The number of pyridine rings is 1. The van der Waals surface area contributed by atoms with E-state index in [-0.39, 0.29) is 23.9 Å².